The molecule has 1 aliphatic heterocycles. The van der Waals surface area contributed by atoms with Crippen molar-refractivity contribution in [3.63, 3.8) is 0 Å². The number of rotatable bonds is 5. The molecule has 1 amide bonds. The summed E-state index contributed by atoms with van der Waals surface area (Å²) in [5, 5.41) is 4.86. The molecule has 0 saturated heterocycles. The zero-order valence-corrected chi connectivity index (χ0v) is 13.7. The maximum absolute atomic E-state index is 11.5. The van der Waals surface area contributed by atoms with Crippen LogP contribution < -0.4 is 15.8 Å². The third kappa shape index (κ3) is 2.40. The van der Waals surface area contributed by atoms with Crippen molar-refractivity contribution in [2.45, 2.75) is 12.5 Å². The van der Waals surface area contributed by atoms with Gasteiger partial charge in [0.05, 0.1) is 24.7 Å². The number of carbonyl (C=O) groups excluding carboxylic acids is 1. The summed E-state index contributed by atoms with van der Waals surface area (Å²) < 4.78 is 8.03. The van der Waals surface area contributed by atoms with E-state index in [1.807, 2.05) is 14.1 Å². The van der Waals surface area contributed by atoms with Crippen molar-refractivity contribution in [3.8, 4) is 5.75 Å². The molecule has 0 bridgehead atoms. The van der Waals surface area contributed by atoms with Crippen LogP contribution in [0.25, 0.3) is 11.0 Å². The third-order valence-electron chi connectivity index (χ3n) is 4.18. The number of nitrogens with zero attached hydrogens (tertiary/aromatic N) is 3. The molecule has 0 saturated carbocycles. The fourth-order valence-corrected chi connectivity index (χ4v) is 3.08. The van der Waals surface area contributed by atoms with Crippen LogP contribution in [0, 0.1) is 0 Å². The molecule has 0 aliphatic carbocycles. The summed E-state index contributed by atoms with van der Waals surface area (Å²) >= 11 is 0. The highest BCUT2D eigenvalue weighted by Crippen LogP contribution is 2.39. The second-order valence-corrected chi connectivity index (χ2v) is 5.98. The van der Waals surface area contributed by atoms with E-state index in [0.717, 1.165) is 5.52 Å². The molecule has 124 valence electrons. The second-order valence-electron chi connectivity index (χ2n) is 5.98. The Kier molecular flexibility index (Phi) is 3.65. The molecule has 8 heteroatoms. The topological polar surface area (TPSA) is 94.6 Å². The fourth-order valence-electron chi connectivity index (χ4n) is 3.08. The van der Waals surface area contributed by atoms with E-state index in [1.165, 1.54) is 0 Å². The lowest BCUT2D eigenvalue weighted by Crippen LogP contribution is -2.47. The van der Waals surface area contributed by atoms with Crippen molar-refractivity contribution in [3.05, 3.63) is 17.7 Å². The minimum Gasteiger partial charge on any atom is -0.489 e. The maximum Gasteiger partial charge on any atom is 0.248 e. The van der Waals surface area contributed by atoms with Crippen molar-refractivity contribution in [2.75, 3.05) is 39.7 Å². The molecule has 3 N–H and O–H groups in total. The first-order valence-electron chi connectivity index (χ1n) is 7.32. The van der Waals surface area contributed by atoms with Crippen LogP contribution in [-0.2, 0) is 10.4 Å². The van der Waals surface area contributed by atoms with Gasteiger partial charge in [-0.15, -0.1) is 0 Å². The molecule has 1 atom stereocenters. The number of likely N-dealkylation sites (N-methyl/N-ethyl adjacent to an activating group) is 1. The standard InChI is InChI=1S/C15H21N5O3/c1-15(7-19(3)22-4)8-23-11-6-9(13(16)21)5-10-12(11)20(15)14(17-2)18-10/h5-6H,7-8H2,1-4H3,(H2,16,21)(H,17,18). The van der Waals surface area contributed by atoms with Gasteiger partial charge in [0, 0.05) is 19.7 Å². The molecule has 1 aromatic heterocycles. The van der Waals surface area contributed by atoms with Crippen LogP contribution >= 0.6 is 0 Å². The van der Waals surface area contributed by atoms with Crippen LogP contribution in [0.1, 0.15) is 17.3 Å². The van der Waals surface area contributed by atoms with E-state index in [1.54, 1.807) is 24.3 Å². The van der Waals surface area contributed by atoms with Gasteiger partial charge in [-0.3, -0.25) is 9.36 Å². The predicted molar refractivity (Wildman–Crippen MR) is 86.6 cm³/mol. The number of aromatic nitrogens is 2. The van der Waals surface area contributed by atoms with Gasteiger partial charge >= 0.3 is 0 Å². The Labute approximate surface area is 134 Å². The molecule has 0 radical (unpaired) electrons. The Hall–Kier alpha value is -2.32. The Morgan fingerprint density at radius 3 is 2.96 bits per heavy atom. The number of imidazole rings is 1. The van der Waals surface area contributed by atoms with Gasteiger partial charge in [-0.2, -0.15) is 5.06 Å². The smallest absolute Gasteiger partial charge is 0.248 e. The molecule has 0 spiro atoms. The molecule has 1 unspecified atom stereocenters. The van der Waals surface area contributed by atoms with Gasteiger partial charge in [-0.05, 0) is 19.1 Å². The van der Waals surface area contributed by atoms with E-state index >= 15 is 0 Å². The molecule has 2 heterocycles. The Morgan fingerprint density at radius 2 is 2.35 bits per heavy atom. The average Bonchev–Trinajstić information content (AvgIpc) is 2.91. The van der Waals surface area contributed by atoms with Crippen LogP contribution in [0.15, 0.2) is 12.1 Å². The number of nitrogens with two attached hydrogens (primary N) is 1. The van der Waals surface area contributed by atoms with Crippen LogP contribution in [0.2, 0.25) is 0 Å². The van der Waals surface area contributed by atoms with E-state index in [2.05, 4.69) is 21.8 Å². The van der Waals surface area contributed by atoms with Crippen molar-refractivity contribution in [1.29, 1.82) is 0 Å². The monoisotopic (exact) mass is 319 g/mol. The summed E-state index contributed by atoms with van der Waals surface area (Å²) in [4.78, 5) is 21.3. The fraction of sp³-hybridized carbons (Fsp3) is 0.467. The van der Waals surface area contributed by atoms with Crippen molar-refractivity contribution in [2.24, 2.45) is 5.73 Å². The molecule has 1 aliphatic rings. The van der Waals surface area contributed by atoms with Gasteiger partial charge in [-0.1, -0.05) is 0 Å². The van der Waals surface area contributed by atoms with E-state index in [4.69, 9.17) is 15.3 Å². The van der Waals surface area contributed by atoms with Gasteiger partial charge in [0.15, 0.2) is 0 Å². The highest BCUT2D eigenvalue weighted by Gasteiger charge is 2.38. The summed E-state index contributed by atoms with van der Waals surface area (Å²) in [6, 6.07) is 3.36. The SMILES string of the molecule is CNc1nc2cc(C(N)=O)cc3c2n1C(C)(CN(C)OC)CO3. The molecular weight excluding hydrogens is 298 g/mol. The largest absolute Gasteiger partial charge is 0.489 e. The number of hydrogen-bond donors (Lipinski definition) is 2. The van der Waals surface area contributed by atoms with Crippen LogP contribution in [0.4, 0.5) is 5.95 Å². The van der Waals surface area contributed by atoms with E-state index in [9.17, 15) is 4.79 Å². The Bertz CT molecular complexity index is 772. The van der Waals surface area contributed by atoms with Gasteiger partial charge in [-0.25, -0.2) is 4.98 Å². The zero-order chi connectivity index (χ0) is 16.8. The lowest BCUT2D eigenvalue weighted by Gasteiger charge is -2.38. The molecule has 1 aromatic carbocycles. The number of ether oxygens (including phenoxy) is 1. The van der Waals surface area contributed by atoms with Gasteiger partial charge in [0.1, 0.15) is 17.9 Å². The number of amides is 1. The third-order valence-corrected chi connectivity index (χ3v) is 4.18. The highest BCUT2D eigenvalue weighted by atomic mass is 16.7. The molecule has 0 fully saturated rings. The maximum atomic E-state index is 11.5. The minimum absolute atomic E-state index is 0.376. The van der Waals surface area contributed by atoms with Crippen LogP contribution in [0.5, 0.6) is 5.75 Å². The lowest BCUT2D eigenvalue weighted by molar-refractivity contribution is -0.131. The number of hydrogen-bond acceptors (Lipinski definition) is 6. The number of primary amides is 1. The number of benzene rings is 1. The van der Waals surface area contributed by atoms with Crippen molar-refractivity contribution in [1.82, 2.24) is 14.6 Å². The molecule has 2 aromatic rings. The number of hydroxylamine groups is 2. The number of nitrogens with one attached hydrogen (secondary N) is 1. The minimum atomic E-state index is -0.500. The summed E-state index contributed by atoms with van der Waals surface area (Å²) in [5.41, 5.74) is 6.92. The van der Waals surface area contributed by atoms with Crippen LogP contribution in [-0.4, -0.2) is 54.9 Å². The highest BCUT2D eigenvalue weighted by molar-refractivity contribution is 5.99. The molecule has 23 heavy (non-hydrogen) atoms. The van der Waals surface area contributed by atoms with E-state index in [0.29, 0.717) is 35.9 Å². The number of carbonyl (C=O) groups is 1. The first-order chi connectivity index (χ1) is 10.9. The predicted octanol–water partition coefficient (Wildman–Crippen LogP) is 0.778. The van der Waals surface area contributed by atoms with Crippen LogP contribution in [0.3, 0.4) is 0 Å². The normalized spacial score (nSPS) is 19.9. The van der Waals surface area contributed by atoms with Gasteiger partial charge in [0.25, 0.3) is 0 Å². The molecule has 8 nitrogen and oxygen atoms in total. The lowest BCUT2D eigenvalue weighted by atomic mass is 10.0. The summed E-state index contributed by atoms with van der Waals surface area (Å²) in [6.07, 6.45) is 0. The van der Waals surface area contributed by atoms with Crippen molar-refractivity contribution < 1.29 is 14.4 Å². The quantitative estimate of drug-likeness (QED) is 0.791. The summed E-state index contributed by atoms with van der Waals surface area (Å²) in [5.74, 6) is 0.820. The summed E-state index contributed by atoms with van der Waals surface area (Å²) in [7, 11) is 5.31. The second kappa shape index (κ2) is 5.39. The molecule has 3 rings (SSSR count). The average molecular weight is 319 g/mol. The van der Waals surface area contributed by atoms with Crippen molar-refractivity contribution >= 4 is 22.9 Å². The van der Waals surface area contributed by atoms with E-state index in [-0.39, 0.29) is 5.54 Å². The van der Waals surface area contributed by atoms with E-state index < -0.39 is 5.91 Å². The van der Waals surface area contributed by atoms with Gasteiger partial charge < -0.3 is 20.6 Å². The first kappa shape index (κ1) is 15.6. The molecular formula is C15H21N5O3. The Balaban J connectivity index is 2.23. The van der Waals surface area contributed by atoms with Gasteiger partial charge in [0.2, 0.25) is 11.9 Å². The number of anilines is 1. The first-order valence-corrected chi connectivity index (χ1v) is 7.32. The Morgan fingerprint density at radius 1 is 1.61 bits per heavy atom. The zero-order valence-electron chi connectivity index (χ0n) is 13.7. The summed E-state index contributed by atoms with van der Waals surface area (Å²) in [6.45, 7) is 3.12.